The summed E-state index contributed by atoms with van der Waals surface area (Å²) in [6, 6.07) is 0.522. The third kappa shape index (κ3) is 5.46. The van der Waals surface area contributed by atoms with Crippen molar-refractivity contribution in [1.29, 1.82) is 0 Å². The van der Waals surface area contributed by atoms with Gasteiger partial charge in [-0.2, -0.15) is 0 Å². The van der Waals surface area contributed by atoms with E-state index in [1.807, 2.05) is 0 Å². The highest BCUT2D eigenvalue weighted by Crippen LogP contribution is 2.16. The molecule has 0 aliphatic carbocycles. The van der Waals surface area contributed by atoms with Crippen molar-refractivity contribution in [2.24, 2.45) is 10.7 Å². The number of likely N-dealkylation sites (N-methyl/N-ethyl adjacent to an activating group) is 1. The third-order valence-corrected chi connectivity index (χ3v) is 3.52. The van der Waals surface area contributed by atoms with Crippen molar-refractivity contribution >= 4 is 11.9 Å². The topological polar surface area (TPSA) is 74.0 Å². The van der Waals surface area contributed by atoms with E-state index >= 15 is 0 Å². The van der Waals surface area contributed by atoms with Gasteiger partial charge in [0.2, 0.25) is 5.91 Å². The maximum atomic E-state index is 11.4. The van der Waals surface area contributed by atoms with E-state index in [1.165, 1.54) is 19.4 Å². The molecule has 0 spiro atoms. The zero-order valence-electron chi connectivity index (χ0n) is 12.4. The van der Waals surface area contributed by atoms with Crippen LogP contribution in [0, 0.1) is 0 Å². The summed E-state index contributed by atoms with van der Waals surface area (Å²) in [6.45, 7) is 5.70. The molecule has 1 aliphatic heterocycles. The molecule has 0 aromatic rings. The van der Waals surface area contributed by atoms with Gasteiger partial charge in [0, 0.05) is 33.1 Å². The number of carbonyl (C=O) groups is 1. The van der Waals surface area contributed by atoms with Gasteiger partial charge in [-0.15, -0.1) is 0 Å². The maximum absolute atomic E-state index is 11.4. The number of guanidine groups is 1. The Morgan fingerprint density at radius 3 is 2.89 bits per heavy atom. The van der Waals surface area contributed by atoms with Crippen LogP contribution in [0.1, 0.15) is 26.2 Å². The van der Waals surface area contributed by atoms with Crippen LogP contribution >= 0.6 is 0 Å². The van der Waals surface area contributed by atoms with E-state index in [-0.39, 0.29) is 5.91 Å². The smallest absolute Gasteiger partial charge is 0.223 e. The van der Waals surface area contributed by atoms with Gasteiger partial charge in [-0.05, 0) is 25.9 Å². The number of rotatable bonds is 6. The van der Waals surface area contributed by atoms with Crippen molar-refractivity contribution in [2.75, 3.05) is 40.3 Å². The minimum atomic E-state index is 0.0910. The molecule has 1 unspecified atom stereocenters. The summed E-state index contributed by atoms with van der Waals surface area (Å²) in [4.78, 5) is 19.7. The fourth-order valence-corrected chi connectivity index (χ4v) is 2.30. The van der Waals surface area contributed by atoms with Crippen molar-refractivity contribution in [3.8, 4) is 0 Å². The number of likely N-dealkylation sites (tertiary alicyclic amines) is 1. The average molecular weight is 269 g/mol. The number of carbonyl (C=O) groups excluding carboxylic acids is 1. The molecule has 0 aromatic heterocycles. The lowest BCUT2D eigenvalue weighted by Gasteiger charge is -2.21. The summed E-state index contributed by atoms with van der Waals surface area (Å²) >= 11 is 0. The van der Waals surface area contributed by atoms with E-state index in [2.05, 4.69) is 22.1 Å². The van der Waals surface area contributed by atoms with Crippen LogP contribution in [0.4, 0.5) is 0 Å². The summed E-state index contributed by atoms with van der Waals surface area (Å²) < 4.78 is 0. The SMILES string of the molecule is CCN1CCCC1CN=C(N)NCCC(=O)N(C)C. The Bertz CT molecular complexity index is 316. The van der Waals surface area contributed by atoms with Gasteiger partial charge < -0.3 is 16.0 Å². The van der Waals surface area contributed by atoms with Gasteiger partial charge in [-0.3, -0.25) is 14.7 Å². The quantitative estimate of drug-likeness (QED) is 0.520. The first-order valence-electron chi connectivity index (χ1n) is 7.02. The lowest BCUT2D eigenvalue weighted by molar-refractivity contribution is -0.128. The van der Waals surface area contributed by atoms with Crippen LogP contribution < -0.4 is 11.1 Å². The fraction of sp³-hybridized carbons (Fsp3) is 0.846. The first kappa shape index (κ1) is 15.8. The third-order valence-electron chi connectivity index (χ3n) is 3.52. The van der Waals surface area contributed by atoms with Gasteiger partial charge >= 0.3 is 0 Å². The molecule has 110 valence electrons. The van der Waals surface area contributed by atoms with Gasteiger partial charge in [0.15, 0.2) is 5.96 Å². The molecule has 1 amide bonds. The number of hydrogen-bond acceptors (Lipinski definition) is 3. The maximum Gasteiger partial charge on any atom is 0.223 e. The standard InChI is InChI=1S/C13H27N5O/c1-4-18-9-5-6-11(18)10-16-13(14)15-8-7-12(19)17(2)3/h11H,4-10H2,1-3H3,(H3,14,15,16). The number of hydrogen-bond donors (Lipinski definition) is 2. The molecular weight excluding hydrogens is 242 g/mol. The highest BCUT2D eigenvalue weighted by Gasteiger charge is 2.22. The van der Waals surface area contributed by atoms with Crippen molar-refractivity contribution in [3.63, 3.8) is 0 Å². The minimum absolute atomic E-state index is 0.0910. The molecule has 3 N–H and O–H groups in total. The number of nitrogens with zero attached hydrogens (tertiary/aromatic N) is 3. The second kappa shape index (κ2) is 7.99. The van der Waals surface area contributed by atoms with Crippen molar-refractivity contribution in [3.05, 3.63) is 0 Å². The molecule has 1 heterocycles. The summed E-state index contributed by atoms with van der Waals surface area (Å²) in [6.07, 6.45) is 2.89. The molecule has 0 radical (unpaired) electrons. The molecule has 0 saturated carbocycles. The van der Waals surface area contributed by atoms with E-state index < -0.39 is 0 Å². The highest BCUT2D eigenvalue weighted by molar-refractivity contribution is 5.79. The Balaban J connectivity index is 2.23. The van der Waals surface area contributed by atoms with Crippen LogP contribution in [0.25, 0.3) is 0 Å². The Morgan fingerprint density at radius 1 is 1.53 bits per heavy atom. The second-order valence-corrected chi connectivity index (χ2v) is 5.12. The number of amides is 1. The van der Waals surface area contributed by atoms with Crippen molar-refractivity contribution < 1.29 is 4.79 Å². The van der Waals surface area contributed by atoms with Crippen LogP contribution in [0.15, 0.2) is 4.99 Å². The minimum Gasteiger partial charge on any atom is -0.370 e. The molecule has 1 rings (SSSR count). The first-order chi connectivity index (χ1) is 9.04. The largest absolute Gasteiger partial charge is 0.370 e. The number of nitrogens with one attached hydrogen (secondary N) is 1. The second-order valence-electron chi connectivity index (χ2n) is 5.12. The van der Waals surface area contributed by atoms with Gasteiger partial charge in [0.25, 0.3) is 0 Å². The summed E-state index contributed by atoms with van der Waals surface area (Å²) in [5.41, 5.74) is 5.80. The normalized spacial score (nSPS) is 20.6. The lowest BCUT2D eigenvalue weighted by Crippen LogP contribution is -2.37. The average Bonchev–Trinajstić information content (AvgIpc) is 2.83. The van der Waals surface area contributed by atoms with Gasteiger partial charge in [-0.25, -0.2) is 0 Å². The van der Waals surface area contributed by atoms with Crippen LogP contribution in [-0.2, 0) is 4.79 Å². The van der Waals surface area contributed by atoms with E-state index in [0.717, 1.165) is 13.1 Å². The molecule has 1 fully saturated rings. The Labute approximate surface area is 116 Å². The molecule has 1 aliphatic rings. The van der Waals surface area contributed by atoms with E-state index in [9.17, 15) is 4.79 Å². The molecule has 6 nitrogen and oxygen atoms in total. The van der Waals surface area contributed by atoms with Gasteiger partial charge in [-0.1, -0.05) is 6.92 Å². The molecule has 1 saturated heterocycles. The highest BCUT2D eigenvalue weighted by atomic mass is 16.2. The van der Waals surface area contributed by atoms with Gasteiger partial charge in [0.1, 0.15) is 0 Å². The molecule has 0 bridgehead atoms. The summed E-state index contributed by atoms with van der Waals surface area (Å²) in [7, 11) is 3.50. The van der Waals surface area contributed by atoms with E-state index in [4.69, 9.17) is 5.73 Å². The Morgan fingerprint density at radius 2 is 2.26 bits per heavy atom. The molecule has 19 heavy (non-hydrogen) atoms. The van der Waals surface area contributed by atoms with Crippen LogP contribution in [0.5, 0.6) is 0 Å². The fourth-order valence-electron chi connectivity index (χ4n) is 2.30. The van der Waals surface area contributed by atoms with Crippen molar-refractivity contribution in [2.45, 2.75) is 32.2 Å². The van der Waals surface area contributed by atoms with E-state index in [0.29, 0.717) is 25.0 Å². The lowest BCUT2D eigenvalue weighted by atomic mass is 10.2. The van der Waals surface area contributed by atoms with Crippen molar-refractivity contribution in [1.82, 2.24) is 15.1 Å². The molecular formula is C13H27N5O. The summed E-state index contributed by atoms with van der Waals surface area (Å²) in [5.74, 6) is 0.530. The number of nitrogens with two attached hydrogens (primary N) is 1. The monoisotopic (exact) mass is 269 g/mol. The first-order valence-corrected chi connectivity index (χ1v) is 7.02. The zero-order chi connectivity index (χ0) is 14.3. The zero-order valence-corrected chi connectivity index (χ0v) is 12.4. The van der Waals surface area contributed by atoms with Crippen LogP contribution in [-0.4, -0.2) is 68.0 Å². The Kier molecular flexibility index (Phi) is 6.62. The van der Waals surface area contributed by atoms with Crippen LogP contribution in [0.3, 0.4) is 0 Å². The predicted octanol–water partition coefficient (Wildman–Crippen LogP) is -0.147. The molecule has 6 heteroatoms. The van der Waals surface area contributed by atoms with Gasteiger partial charge in [0.05, 0.1) is 6.54 Å². The van der Waals surface area contributed by atoms with E-state index in [1.54, 1.807) is 19.0 Å². The predicted molar refractivity (Wildman–Crippen MR) is 78.1 cm³/mol. The number of aliphatic imine (C=N–C) groups is 1. The molecule has 0 aromatic carbocycles. The molecule has 1 atom stereocenters. The summed E-state index contributed by atoms with van der Waals surface area (Å²) in [5, 5.41) is 2.99. The van der Waals surface area contributed by atoms with Crippen LogP contribution in [0.2, 0.25) is 0 Å². The Hall–Kier alpha value is -1.30.